The second-order valence-electron chi connectivity index (χ2n) is 3.92. The molecule has 0 unspecified atom stereocenters. The largest absolute Gasteiger partial charge is 0.396 e. The molecule has 7 nitrogen and oxygen atoms in total. The maximum Gasteiger partial charge on any atom is 0.149 e. The minimum Gasteiger partial charge on any atom is -0.396 e. The third-order valence-electron chi connectivity index (χ3n) is 2.29. The molecule has 0 aliphatic rings. The number of rotatable bonds is 4. The van der Waals surface area contributed by atoms with Gasteiger partial charge in [0.1, 0.15) is 21.2 Å². The summed E-state index contributed by atoms with van der Waals surface area (Å²) in [5.74, 6) is 0.0219. The van der Waals surface area contributed by atoms with Crippen molar-refractivity contribution >= 4 is 15.5 Å². The van der Waals surface area contributed by atoms with E-state index in [0.717, 1.165) is 0 Å². The van der Waals surface area contributed by atoms with Gasteiger partial charge >= 0.3 is 0 Å². The van der Waals surface area contributed by atoms with Gasteiger partial charge in [-0.1, -0.05) is 0 Å². The molecule has 0 amide bonds. The second kappa shape index (κ2) is 4.73. The summed E-state index contributed by atoms with van der Waals surface area (Å²) in [6, 6.07) is 0. The monoisotopic (exact) mass is 267 g/mol. The summed E-state index contributed by atoms with van der Waals surface area (Å²) in [5, 5.41) is 4.21. The van der Waals surface area contributed by atoms with Crippen molar-refractivity contribution in [3.63, 3.8) is 0 Å². The Labute approximate surface area is 105 Å². The molecule has 0 aliphatic heterocycles. The van der Waals surface area contributed by atoms with E-state index < -0.39 is 9.84 Å². The molecule has 0 aliphatic carbocycles. The van der Waals surface area contributed by atoms with Crippen LogP contribution in [0, 0.1) is 0 Å². The van der Waals surface area contributed by atoms with Gasteiger partial charge in [0.15, 0.2) is 0 Å². The first-order chi connectivity index (χ1) is 8.46. The number of nitrogen functional groups attached to an aromatic ring is 1. The molecular formula is C10H13N5O2S. The Morgan fingerprint density at radius 3 is 2.78 bits per heavy atom. The van der Waals surface area contributed by atoms with Crippen LogP contribution in [0.5, 0.6) is 0 Å². The topological polar surface area (TPSA) is 104 Å². The van der Waals surface area contributed by atoms with E-state index in [2.05, 4.69) is 15.1 Å². The zero-order valence-corrected chi connectivity index (χ0v) is 10.6. The molecule has 2 aromatic rings. The number of aryl methyl sites for hydroxylation is 1. The number of nitrogens with two attached hydrogens (primary N) is 1. The molecule has 18 heavy (non-hydrogen) atoms. The molecule has 0 spiro atoms. The smallest absolute Gasteiger partial charge is 0.149 e. The fraction of sp³-hybridized carbons (Fsp3) is 0.300. The van der Waals surface area contributed by atoms with Crippen molar-refractivity contribution in [3.05, 3.63) is 24.8 Å². The predicted octanol–water partition coefficient (Wildman–Crippen LogP) is -0.0331. The molecule has 96 valence electrons. The lowest BCUT2D eigenvalue weighted by atomic mass is 10.3. The van der Waals surface area contributed by atoms with Crippen molar-refractivity contribution in [3.8, 4) is 11.4 Å². The van der Waals surface area contributed by atoms with E-state index in [-0.39, 0.29) is 12.3 Å². The average Bonchev–Trinajstić information content (AvgIpc) is 2.68. The highest BCUT2D eigenvalue weighted by molar-refractivity contribution is 7.90. The fourth-order valence-corrected chi connectivity index (χ4v) is 1.95. The molecule has 0 fully saturated rings. The number of sulfone groups is 1. The Morgan fingerprint density at radius 1 is 1.39 bits per heavy atom. The molecule has 0 atom stereocenters. The van der Waals surface area contributed by atoms with Crippen LogP contribution in [0.25, 0.3) is 11.4 Å². The molecule has 0 saturated heterocycles. The predicted molar refractivity (Wildman–Crippen MR) is 67.4 cm³/mol. The molecule has 2 heterocycles. The summed E-state index contributed by atoms with van der Waals surface area (Å²) < 4.78 is 23.6. The molecule has 0 saturated carbocycles. The lowest BCUT2D eigenvalue weighted by molar-refractivity contribution is 0.586. The van der Waals surface area contributed by atoms with Crippen molar-refractivity contribution in [1.82, 2.24) is 19.7 Å². The van der Waals surface area contributed by atoms with Crippen molar-refractivity contribution < 1.29 is 8.42 Å². The van der Waals surface area contributed by atoms with Crippen molar-refractivity contribution in [2.75, 3.05) is 17.7 Å². The first-order valence-electron chi connectivity index (χ1n) is 5.23. The SMILES string of the molecule is CS(=O)(=O)CCn1cc(N)c(-c2cnccn2)n1. The Morgan fingerprint density at radius 2 is 2.17 bits per heavy atom. The van der Waals surface area contributed by atoms with Crippen LogP contribution in [0.1, 0.15) is 0 Å². The summed E-state index contributed by atoms with van der Waals surface area (Å²) in [5.41, 5.74) is 7.33. The summed E-state index contributed by atoms with van der Waals surface area (Å²) in [6.45, 7) is 0.267. The molecule has 0 radical (unpaired) electrons. The zero-order chi connectivity index (χ0) is 13.2. The van der Waals surface area contributed by atoms with E-state index in [9.17, 15) is 8.42 Å². The Balaban J connectivity index is 2.23. The van der Waals surface area contributed by atoms with Crippen LogP contribution < -0.4 is 5.73 Å². The second-order valence-corrected chi connectivity index (χ2v) is 6.18. The van der Waals surface area contributed by atoms with Crippen LogP contribution in [-0.4, -0.2) is 40.2 Å². The molecule has 0 bridgehead atoms. The van der Waals surface area contributed by atoms with Crippen LogP contribution in [0.4, 0.5) is 5.69 Å². The van der Waals surface area contributed by atoms with Gasteiger partial charge in [-0.15, -0.1) is 0 Å². The van der Waals surface area contributed by atoms with Gasteiger partial charge < -0.3 is 5.73 Å². The molecule has 8 heteroatoms. The van der Waals surface area contributed by atoms with Gasteiger partial charge in [-0.3, -0.25) is 14.6 Å². The molecule has 0 aromatic carbocycles. The molecule has 2 rings (SSSR count). The standard InChI is InChI=1S/C10H13N5O2S/c1-18(16,17)5-4-15-7-8(11)10(14-15)9-6-12-2-3-13-9/h2-3,6-7H,4-5,11H2,1H3. The zero-order valence-electron chi connectivity index (χ0n) is 9.81. The van der Waals surface area contributed by atoms with Crippen molar-refractivity contribution in [1.29, 1.82) is 0 Å². The van der Waals surface area contributed by atoms with Crippen LogP contribution in [0.3, 0.4) is 0 Å². The maximum atomic E-state index is 11.1. The van der Waals surface area contributed by atoms with Crippen LogP contribution >= 0.6 is 0 Å². The van der Waals surface area contributed by atoms with Gasteiger partial charge in [-0.05, 0) is 0 Å². The molecule has 2 aromatic heterocycles. The van der Waals surface area contributed by atoms with E-state index in [4.69, 9.17) is 5.73 Å². The maximum absolute atomic E-state index is 11.1. The van der Waals surface area contributed by atoms with Crippen LogP contribution in [0.2, 0.25) is 0 Å². The number of hydrogen-bond donors (Lipinski definition) is 1. The highest BCUT2D eigenvalue weighted by atomic mass is 32.2. The van der Waals surface area contributed by atoms with E-state index >= 15 is 0 Å². The van der Waals surface area contributed by atoms with Gasteiger partial charge in [0.2, 0.25) is 0 Å². The quantitative estimate of drug-likeness (QED) is 0.834. The third-order valence-corrected chi connectivity index (χ3v) is 3.21. The van der Waals surface area contributed by atoms with Gasteiger partial charge in [-0.2, -0.15) is 5.10 Å². The summed E-state index contributed by atoms with van der Waals surface area (Å²) >= 11 is 0. The van der Waals surface area contributed by atoms with E-state index in [0.29, 0.717) is 17.1 Å². The number of aromatic nitrogens is 4. The van der Waals surface area contributed by atoms with Crippen LogP contribution in [0.15, 0.2) is 24.8 Å². The van der Waals surface area contributed by atoms with E-state index in [1.54, 1.807) is 24.8 Å². The van der Waals surface area contributed by atoms with Gasteiger partial charge in [-0.25, -0.2) is 8.42 Å². The third kappa shape index (κ3) is 3.04. The minimum atomic E-state index is -3.02. The Kier molecular flexibility index (Phi) is 3.28. The summed E-state index contributed by atoms with van der Waals surface area (Å²) in [6.07, 6.45) is 7.43. The Bertz CT molecular complexity index is 636. The molecular weight excluding hydrogens is 254 g/mol. The van der Waals surface area contributed by atoms with Gasteiger partial charge in [0.05, 0.1) is 24.2 Å². The van der Waals surface area contributed by atoms with Crippen molar-refractivity contribution in [2.24, 2.45) is 0 Å². The van der Waals surface area contributed by atoms with Crippen molar-refractivity contribution in [2.45, 2.75) is 6.54 Å². The van der Waals surface area contributed by atoms with Gasteiger partial charge in [0, 0.05) is 24.8 Å². The van der Waals surface area contributed by atoms with Crippen LogP contribution in [-0.2, 0) is 16.4 Å². The summed E-state index contributed by atoms with van der Waals surface area (Å²) in [4.78, 5) is 8.03. The minimum absolute atomic E-state index is 0.0219. The number of nitrogens with zero attached hydrogens (tertiary/aromatic N) is 4. The van der Waals surface area contributed by atoms with E-state index in [1.807, 2.05) is 0 Å². The Hall–Kier alpha value is -1.96. The summed E-state index contributed by atoms with van der Waals surface area (Å²) in [7, 11) is -3.02. The van der Waals surface area contributed by atoms with E-state index in [1.165, 1.54) is 10.9 Å². The average molecular weight is 267 g/mol. The highest BCUT2D eigenvalue weighted by Crippen LogP contribution is 2.20. The fourth-order valence-electron chi connectivity index (χ4n) is 1.43. The number of hydrogen-bond acceptors (Lipinski definition) is 6. The number of anilines is 1. The first kappa shape index (κ1) is 12.5. The van der Waals surface area contributed by atoms with Gasteiger partial charge in [0.25, 0.3) is 0 Å². The lowest BCUT2D eigenvalue weighted by Crippen LogP contribution is -2.11. The molecule has 2 N–H and O–H groups in total. The highest BCUT2D eigenvalue weighted by Gasteiger charge is 2.11. The lowest BCUT2D eigenvalue weighted by Gasteiger charge is -1.99. The normalized spacial score (nSPS) is 11.6. The first-order valence-corrected chi connectivity index (χ1v) is 7.29.